The summed E-state index contributed by atoms with van der Waals surface area (Å²) >= 11 is 0. The van der Waals surface area contributed by atoms with E-state index in [0.29, 0.717) is 6.42 Å². The lowest BCUT2D eigenvalue weighted by atomic mass is 10.0. The molecule has 3 heteroatoms. The normalized spacial score (nSPS) is 11.3. The standard InChI is InChI=1S/C34H70N2O/c1-2-3-4-5-6-7-8-9-10-11-12-13-14-15-16-17-18-19-20-21-22-23-24-25-26-27-28-29-30-31-32-33-34(37)36-35/h2-33,35H2,1H3,(H,36,37). The molecule has 0 radical (unpaired) electrons. The molecule has 0 aromatic heterocycles. The van der Waals surface area contributed by atoms with Crippen molar-refractivity contribution in [3.05, 3.63) is 0 Å². The summed E-state index contributed by atoms with van der Waals surface area (Å²) in [4.78, 5) is 11.0. The smallest absolute Gasteiger partial charge is 0.233 e. The van der Waals surface area contributed by atoms with Crippen LogP contribution in [0.5, 0.6) is 0 Å². The summed E-state index contributed by atoms with van der Waals surface area (Å²) in [5.74, 6) is 5.06. The van der Waals surface area contributed by atoms with Crippen molar-refractivity contribution < 1.29 is 4.79 Å². The molecule has 0 aliphatic carbocycles. The fourth-order valence-corrected chi connectivity index (χ4v) is 5.56. The zero-order valence-corrected chi connectivity index (χ0v) is 25.6. The van der Waals surface area contributed by atoms with Gasteiger partial charge in [-0.2, -0.15) is 0 Å². The van der Waals surface area contributed by atoms with E-state index >= 15 is 0 Å². The van der Waals surface area contributed by atoms with E-state index in [2.05, 4.69) is 12.3 Å². The Labute approximate surface area is 234 Å². The first-order valence-corrected chi connectivity index (χ1v) is 17.3. The Morgan fingerprint density at radius 3 is 0.757 bits per heavy atom. The van der Waals surface area contributed by atoms with Crippen LogP contribution < -0.4 is 11.3 Å². The number of hydrogen-bond donors (Lipinski definition) is 2. The summed E-state index contributed by atoms with van der Waals surface area (Å²) in [7, 11) is 0. The molecule has 0 saturated carbocycles. The minimum absolute atomic E-state index is 0.0320. The van der Waals surface area contributed by atoms with Gasteiger partial charge in [-0.1, -0.05) is 200 Å². The summed E-state index contributed by atoms with van der Waals surface area (Å²) in [6.45, 7) is 2.30. The SMILES string of the molecule is CCCCCCCCCCCCCCCCCCCCCCCCCCCCCCCCCC(=O)NN. The van der Waals surface area contributed by atoms with Crippen molar-refractivity contribution in [2.45, 2.75) is 212 Å². The minimum Gasteiger partial charge on any atom is -0.294 e. The van der Waals surface area contributed by atoms with Crippen molar-refractivity contribution in [2.75, 3.05) is 0 Å². The third-order valence-electron chi connectivity index (χ3n) is 8.17. The van der Waals surface area contributed by atoms with E-state index in [9.17, 15) is 4.79 Å². The molecule has 0 aromatic rings. The molecule has 3 nitrogen and oxygen atoms in total. The van der Waals surface area contributed by atoms with Crippen LogP contribution in [0.2, 0.25) is 0 Å². The third-order valence-corrected chi connectivity index (χ3v) is 8.17. The van der Waals surface area contributed by atoms with E-state index in [1.54, 1.807) is 0 Å². The quantitative estimate of drug-likeness (QED) is 0.0399. The Morgan fingerprint density at radius 1 is 0.378 bits per heavy atom. The van der Waals surface area contributed by atoms with Gasteiger partial charge in [-0.3, -0.25) is 10.2 Å². The highest BCUT2D eigenvalue weighted by Gasteiger charge is 1.99. The zero-order valence-electron chi connectivity index (χ0n) is 25.6. The van der Waals surface area contributed by atoms with Gasteiger partial charge in [0.15, 0.2) is 0 Å². The molecule has 0 fully saturated rings. The Balaban J connectivity index is 3.03. The van der Waals surface area contributed by atoms with Gasteiger partial charge in [-0.25, -0.2) is 5.84 Å². The van der Waals surface area contributed by atoms with E-state index in [-0.39, 0.29) is 5.91 Å². The van der Waals surface area contributed by atoms with Gasteiger partial charge in [0, 0.05) is 6.42 Å². The number of rotatable bonds is 32. The summed E-state index contributed by atoms with van der Waals surface area (Å²) in [6.07, 6.45) is 44.6. The number of hydrogen-bond acceptors (Lipinski definition) is 2. The lowest BCUT2D eigenvalue weighted by molar-refractivity contribution is -0.121. The molecule has 0 aliphatic rings. The van der Waals surface area contributed by atoms with Gasteiger partial charge in [0.2, 0.25) is 5.91 Å². The Kier molecular flexibility index (Phi) is 32.9. The van der Waals surface area contributed by atoms with Crippen LogP contribution in [0, 0.1) is 0 Å². The van der Waals surface area contributed by atoms with Crippen molar-refractivity contribution >= 4 is 5.91 Å². The monoisotopic (exact) mass is 523 g/mol. The van der Waals surface area contributed by atoms with Crippen LogP contribution in [0.4, 0.5) is 0 Å². The van der Waals surface area contributed by atoms with E-state index in [1.165, 1.54) is 186 Å². The fraction of sp³-hybridized carbons (Fsp3) is 0.971. The van der Waals surface area contributed by atoms with Gasteiger partial charge in [0.1, 0.15) is 0 Å². The second-order valence-corrected chi connectivity index (χ2v) is 11.9. The highest BCUT2D eigenvalue weighted by Crippen LogP contribution is 2.16. The lowest BCUT2D eigenvalue weighted by Crippen LogP contribution is -2.29. The number of hydrazine groups is 1. The molecule has 0 bridgehead atoms. The highest BCUT2D eigenvalue weighted by molar-refractivity contribution is 5.75. The first kappa shape index (κ1) is 36.4. The van der Waals surface area contributed by atoms with Gasteiger partial charge in [-0.05, 0) is 6.42 Å². The Bertz CT molecular complexity index is 426. The average Bonchev–Trinajstić information content (AvgIpc) is 2.91. The molecular weight excluding hydrogens is 452 g/mol. The van der Waals surface area contributed by atoms with E-state index in [1.807, 2.05) is 0 Å². The van der Waals surface area contributed by atoms with E-state index in [4.69, 9.17) is 5.84 Å². The number of nitrogens with two attached hydrogens (primary N) is 1. The zero-order chi connectivity index (χ0) is 26.9. The molecule has 0 spiro atoms. The number of carbonyl (C=O) groups excluding carboxylic acids is 1. The molecule has 0 aliphatic heterocycles. The maximum absolute atomic E-state index is 11.0. The molecular formula is C34H70N2O. The summed E-state index contributed by atoms with van der Waals surface area (Å²) in [6, 6.07) is 0. The van der Waals surface area contributed by atoms with Crippen LogP contribution in [-0.4, -0.2) is 5.91 Å². The van der Waals surface area contributed by atoms with Crippen LogP contribution in [0.25, 0.3) is 0 Å². The predicted molar refractivity (Wildman–Crippen MR) is 166 cm³/mol. The number of amides is 1. The first-order chi connectivity index (χ1) is 18.3. The maximum atomic E-state index is 11.0. The molecule has 0 rings (SSSR count). The van der Waals surface area contributed by atoms with Crippen molar-refractivity contribution in [2.24, 2.45) is 5.84 Å². The second-order valence-electron chi connectivity index (χ2n) is 11.9. The van der Waals surface area contributed by atoms with Crippen LogP contribution in [0.3, 0.4) is 0 Å². The van der Waals surface area contributed by atoms with Crippen molar-refractivity contribution in [1.82, 2.24) is 5.43 Å². The molecule has 0 atom stereocenters. The number of nitrogens with one attached hydrogen (secondary N) is 1. The molecule has 222 valence electrons. The minimum atomic E-state index is -0.0320. The van der Waals surface area contributed by atoms with Crippen LogP contribution in [0.15, 0.2) is 0 Å². The first-order valence-electron chi connectivity index (χ1n) is 17.3. The molecule has 3 N–H and O–H groups in total. The van der Waals surface area contributed by atoms with Crippen LogP contribution in [0.1, 0.15) is 212 Å². The average molecular weight is 523 g/mol. The van der Waals surface area contributed by atoms with Crippen LogP contribution in [-0.2, 0) is 4.79 Å². The number of unbranched alkanes of at least 4 members (excludes halogenated alkanes) is 30. The summed E-state index contributed by atoms with van der Waals surface area (Å²) < 4.78 is 0. The molecule has 0 aromatic carbocycles. The van der Waals surface area contributed by atoms with Gasteiger partial charge in [0.25, 0.3) is 0 Å². The topological polar surface area (TPSA) is 55.1 Å². The highest BCUT2D eigenvalue weighted by atomic mass is 16.2. The Morgan fingerprint density at radius 2 is 0.568 bits per heavy atom. The van der Waals surface area contributed by atoms with E-state index < -0.39 is 0 Å². The maximum Gasteiger partial charge on any atom is 0.233 e. The van der Waals surface area contributed by atoms with Crippen molar-refractivity contribution in [1.29, 1.82) is 0 Å². The second kappa shape index (κ2) is 33.5. The molecule has 0 unspecified atom stereocenters. The lowest BCUT2D eigenvalue weighted by Gasteiger charge is -2.05. The van der Waals surface area contributed by atoms with Gasteiger partial charge in [-0.15, -0.1) is 0 Å². The number of carbonyl (C=O) groups is 1. The van der Waals surface area contributed by atoms with E-state index in [0.717, 1.165) is 12.8 Å². The fourth-order valence-electron chi connectivity index (χ4n) is 5.56. The molecule has 37 heavy (non-hydrogen) atoms. The van der Waals surface area contributed by atoms with Crippen LogP contribution >= 0.6 is 0 Å². The molecule has 0 heterocycles. The van der Waals surface area contributed by atoms with Gasteiger partial charge >= 0.3 is 0 Å². The third kappa shape index (κ3) is 33.4. The molecule has 0 saturated heterocycles. The van der Waals surface area contributed by atoms with Gasteiger partial charge in [0.05, 0.1) is 0 Å². The summed E-state index contributed by atoms with van der Waals surface area (Å²) in [5, 5.41) is 0. The largest absolute Gasteiger partial charge is 0.294 e. The van der Waals surface area contributed by atoms with Crippen molar-refractivity contribution in [3.8, 4) is 0 Å². The molecule has 1 amide bonds. The van der Waals surface area contributed by atoms with Crippen molar-refractivity contribution in [3.63, 3.8) is 0 Å². The summed E-state index contributed by atoms with van der Waals surface area (Å²) in [5.41, 5.74) is 2.20. The Hall–Kier alpha value is -0.570. The van der Waals surface area contributed by atoms with Gasteiger partial charge < -0.3 is 0 Å². The predicted octanol–water partition coefficient (Wildman–Crippen LogP) is 11.5.